The molecule has 3 aromatic rings. The summed E-state index contributed by atoms with van der Waals surface area (Å²) >= 11 is 13.1. The number of nitrogens with zero attached hydrogens (tertiary/aromatic N) is 3. The molecule has 1 aliphatic heterocycles. The predicted octanol–water partition coefficient (Wildman–Crippen LogP) is 5.52. The average Bonchev–Trinajstić information content (AvgIpc) is 2.92. The number of halogens is 2. The van der Waals surface area contributed by atoms with Crippen molar-refractivity contribution >= 4 is 34.1 Å². The van der Waals surface area contributed by atoms with E-state index in [0.29, 0.717) is 0 Å². The van der Waals surface area contributed by atoms with Gasteiger partial charge in [0.25, 0.3) is 0 Å². The third-order valence-electron chi connectivity index (χ3n) is 5.08. The van der Waals surface area contributed by atoms with Gasteiger partial charge in [0, 0.05) is 42.6 Å². The van der Waals surface area contributed by atoms with Crippen LogP contribution in [0.15, 0.2) is 30.5 Å². The summed E-state index contributed by atoms with van der Waals surface area (Å²) in [6.07, 6.45) is 3.91. The zero-order valence-corrected chi connectivity index (χ0v) is 16.0. The molecule has 3 nitrogen and oxygen atoms in total. The molecule has 0 amide bonds. The van der Waals surface area contributed by atoms with Gasteiger partial charge in [0.1, 0.15) is 0 Å². The SMILES string of the molecule is C.Cc1ccc(CCn2c3c(c4c(Cl)ccc(Cl)c42)CCN(C)C3)cn1. The van der Waals surface area contributed by atoms with Gasteiger partial charge in [-0.3, -0.25) is 4.98 Å². The van der Waals surface area contributed by atoms with E-state index in [2.05, 4.69) is 33.6 Å². The van der Waals surface area contributed by atoms with Crippen LogP contribution in [0.3, 0.4) is 0 Å². The minimum atomic E-state index is 0. The molecule has 0 aliphatic carbocycles. The van der Waals surface area contributed by atoms with Crippen LogP contribution in [0.4, 0.5) is 0 Å². The lowest BCUT2D eigenvalue weighted by molar-refractivity contribution is 0.303. The van der Waals surface area contributed by atoms with Gasteiger partial charge in [0.05, 0.1) is 15.6 Å². The van der Waals surface area contributed by atoms with Gasteiger partial charge in [-0.05, 0) is 56.1 Å². The van der Waals surface area contributed by atoms with Crippen LogP contribution >= 0.6 is 23.2 Å². The van der Waals surface area contributed by atoms with Crippen molar-refractivity contribution in [2.75, 3.05) is 13.6 Å². The molecule has 1 aliphatic rings. The predicted molar refractivity (Wildman–Crippen MR) is 111 cm³/mol. The number of hydrogen-bond donors (Lipinski definition) is 0. The van der Waals surface area contributed by atoms with Gasteiger partial charge in [0.2, 0.25) is 0 Å². The molecular formula is C21H25Cl2N3. The molecule has 2 aromatic heterocycles. The highest BCUT2D eigenvalue weighted by molar-refractivity contribution is 6.40. The molecule has 4 rings (SSSR count). The Morgan fingerprint density at radius 3 is 2.62 bits per heavy atom. The van der Waals surface area contributed by atoms with Gasteiger partial charge < -0.3 is 9.47 Å². The van der Waals surface area contributed by atoms with E-state index in [9.17, 15) is 0 Å². The fourth-order valence-electron chi connectivity index (χ4n) is 3.76. The third kappa shape index (κ3) is 3.36. The van der Waals surface area contributed by atoms with Gasteiger partial charge >= 0.3 is 0 Å². The van der Waals surface area contributed by atoms with E-state index in [0.717, 1.165) is 59.1 Å². The van der Waals surface area contributed by atoms with E-state index < -0.39 is 0 Å². The number of fused-ring (bicyclic) bond motifs is 3. The summed E-state index contributed by atoms with van der Waals surface area (Å²) < 4.78 is 2.37. The lowest BCUT2D eigenvalue weighted by Crippen LogP contribution is -2.28. The molecule has 5 heteroatoms. The molecule has 3 heterocycles. The molecule has 0 atom stereocenters. The molecule has 138 valence electrons. The molecule has 0 saturated heterocycles. The Morgan fingerprint density at radius 1 is 1.12 bits per heavy atom. The monoisotopic (exact) mass is 389 g/mol. The second-order valence-electron chi connectivity index (χ2n) is 6.88. The van der Waals surface area contributed by atoms with E-state index in [4.69, 9.17) is 23.2 Å². The first-order chi connectivity index (χ1) is 12.0. The highest BCUT2D eigenvalue weighted by atomic mass is 35.5. The number of rotatable bonds is 3. The van der Waals surface area contributed by atoms with Crippen molar-refractivity contribution in [3.05, 3.63) is 63.0 Å². The van der Waals surface area contributed by atoms with E-state index in [1.165, 1.54) is 16.8 Å². The minimum Gasteiger partial charge on any atom is -0.341 e. The Hall–Kier alpha value is -1.55. The molecule has 26 heavy (non-hydrogen) atoms. The normalized spacial score (nSPS) is 14.3. The Kier molecular flexibility index (Phi) is 5.61. The molecule has 0 N–H and O–H groups in total. The highest BCUT2D eigenvalue weighted by Gasteiger charge is 2.25. The number of aryl methyl sites for hydroxylation is 3. The average molecular weight is 390 g/mol. The van der Waals surface area contributed by atoms with Crippen molar-refractivity contribution in [2.45, 2.75) is 40.3 Å². The Labute approximate surface area is 165 Å². The molecule has 0 bridgehead atoms. The summed E-state index contributed by atoms with van der Waals surface area (Å²) in [7, 11) is 2.16. The smallest absolute Gasteiger partial charge is 0.0690 e. The largest absolute Gasteiger partial charge is 0.341 e. The number of benzene rings is 1. The standard InChI is InChI=1S/C20H21Cl2N3.CH4/c1-13-3-4-14(11-23-13)7-10-25-18-12-24(2)9-8-15(18)19-16(21)5-6-17(22)20(19)25;/h3-6,11H,7-10,12H2,1-2H3;1H4. The van der Waals surface area contributed by atoms with Crippen LogP contribution in [0.2, 0.25) is 10.0 Å². The lowest BCUT2D eigenvalue weighted by Gasteiger charge is -2.24. The van der Waals surface area contributed by atoms with Crippen LogP contribution in [0.1, 0.15) is 29.9 Å². The first kappa shape index (κ1) is 19.2. The summed E-state index contributed by atoms with van der Waals surface area (Å²) in [5.41, 5.74) is 6.07. The van der Waals surface area contributed by atoms with E-state index in [1.807, 2.05) is 25.3 Å². The van der Waals surface area contributed by atoms with Gasteiger partial charge in [-0.1, -0.05) is 36.7 Å². The van der Waals surface area contributed by atoms with Crippen molar-refractivity contribution < 1.29 is 0 Å². The maximum absolute atomic E-state index is 6.59. The molecule has 0 spiro atoms. The van der Waals surface area contributed by atoms with Crippen LogP contribution in [0.25, 0.3) is 10.9 Å². The van der Waals surface area contributed by atoms with Gasteiger partial charge in [-0.25, -0.2) is 0 Å². The molecule has 0 unspecified atom stereocenters. The Morgan fingerprint density at radius 2 is 1.88 bits per heavy atom. The second kappa shape index (κ2) is 7.59. The fraction of sp³-hybridized carbons (Fsp3) is 0.381. The molecule has 0 radical (unpaired) electrons. The van der Waals surface area contributed by atoms with Crippen molar-refractivity contribution in [3.8, 4) is 0 Å². The molecule has 1 aromatic carbocycles. The maximum atomic E-state index is 6.59. The maximum Gasteiger partial charge on any atom is 0.0690 e. The van der Waals surface area contributed by atoms with Crippen molar-refractivity contribution in [2.24, 2.45) is 0 Å². The number of hydrogen-bond acceptors (Lipinski definition) is 2. The van der Waals surface area contributed by atoms with Gasteiger partial charge in [-0.15, -0.1) is 0 Å². The number of aromatic nitrogens is 2. The summed E-state index contributed by atoms with van der Waals surface area (Å²) in [6.45, 7) is 4.88. The second-order valence-corrected chi connectivity index (χ2v) is 7.69. The van der Waals surface area contributed by atoms with Gasteiger partial charge in [0.15, 0.2) is 0 Å². The summed E-state index contributed by atoms with van der Waals surface area (Å²) in [5.74, 6) is 0. The van der Waals surface area contributed by atoms with Crippen LogP contribution in [-0.4, -0.2) is 28.0 Å². The zero-order chi connectivity index (χ0) is 17.6. The summed E-state index contributed by atoms with van der Waals surface area (Å²) in [4.78, 5) is 6.76. The molecule has 0 fully saturated rings. The molecular weight excluding hydrogens is 365 g/mol. The highest BCUT2D eigenvalue weighted by Crippen LogP contribution is 2.38. The van der Waals surface area contributed by atoms with Crippen molar-refractivity contribution in [1.82, 2.24) is 14.5 Å². The van der Waals surface area contributed by atoms with Crippen molar-refractivity contribution in [1.29, 1.82) is 0 Å². The first-order valence-corrected chi connectivity index (χ1v) is 9.38. The minimum absolute atomic E-state index is 0. The van der Waals surface area contributed by atoms with Gasteiger partial charge in [-0.2, -0.15) is 0 Å². The van der Waals surface area contributed by atoms with Crippen LogP contribution in [-0.2, 0) is 25.9 Å². The topological polar surface area (TPSA) is 21.1 Å². The van der Waals surface area contributed by atoms with Crippen LogP contribution in [0, 0.1) is 6.92 Å². The van der Waals surface area contributed by atoms with Crippen molar-refractivity contribution in [3.63, 3.8) is 0 Å². The Bertz CT molecular complexity index is 929. The first-order valence-electron chi connectivity index (χ1n) is 8.62. The number of pyridine rings is 1. The quantitative estimate of drug-likeness (QED) is 0.587. The molecule has 0 saturated carbocycles. The lowest BCUT2D eigenvalue weighted by atomic mass is 10.0. The Balaban J connectivity index is 0.00000196. The van der Waals surface area contributed by atoms with Crippen LogP contribution in [0.5, 0.6) is 0 Å². The number of likely N-dealkylation sites (N-methyl/N-ethyl adjacent to an activating group) is 1. The van der Waals surface area contributed by atoms with E-state index >= 15 is 0 Å². The fourth-order valence-corrected chi connectivity index (χ4v) is 4.28. The summed E-state index contributed by atoms with van der Waals surface area (Å²) in [6, 6.07) is 8.04. The van der Waals surface area contributed by atoms with E-state index in [-0.39, 0.29) is 7.43 Å². The van der Waals surface area contributed by atoms with E-state index in [1.54, 1.807) is 0 Å². The van der Waals surface area contributed by atoms with Crippen LogP contribution < -0.4 is 0 Å². The third-order valence-corrected chi connectivity index (χ3v) is 5.70. The zero-order valence-electron chi connectivity index (χ0n) is 14.5. The summed E-state index contributed by atoms with van der Waals surface area (Å²) in [5, 5.41) is 2.72.